The molecule has 5 rings (SSSR count). The number of fused-ring (bicyclic) bond motifs is 1. The first-order valence-corrected chi connectivity index (χ1v) is 11.3. The van der Waals surface area contributed by atoms with E-state index in [0.29, 0.717) is 48.2 Å². The number of H-pyrrole nitrogens is 1. The highest BCUT2D eigenvalue weighted by molar-refractivity contribution is 6.31. The van der Waals surface area contributed by atoms with Crippen LogP contribution in [0.25, 0.3) is 10.9 Å². The van der Waals surface area contributed by atoms with E-state index < -0.39 is 17.1 Å². The summed E-state index contributed by atoms with van der Waals surface area (Å²) in [7, 11) is 0. The summed E-state index contributed by atoms with van der Waals surface area (Å²) in [6.45, 7) is 1.92. The minimum absolute atomic E-state index is 0.151. The van der Waals surface area contributed by atoms with Crippen LogP contribution < -0.4 is 16.1 Å². The van der Waals surface area contributed by atoms with E-state index in [4.69, 9.17) is 11.6 Å². The van der Waals surface area contributed by atoms with Crippen molar-refractivity contribution in [1.29, 1.82) is 0 Å². The van der Waals surface area contributed by atoms with Crippen molar-refractivity contribution >= 4 is 34.4 Å². The summed E-state index contributed by atoms with van der Waals surface area (Å²) in [6.07, 6.45) is 3.34. The Bertz CT molecular complexity index is 1530. The molecule has 11 heteroatoms. The second-order valence-electron chi connectivity index (χ2n) is 8.14. The summed E-state index contributed by atoms with van der Waals surface area (Å²) in [5.41, 5.74) is -0.472. The zero-order valence-electron chi connectivity index (χ0n) is 18.4. The second-order valence-corrected chi connectivity index (χ2v) is 8.58. The van der Waals surface area contributed by atoms with Crippen molar-refractivity contribution in [3.8, 4) is 0 Å². The van der Waals surface area contributed by atoms with E-state index >= 15 is 0 Å². The third-order valence-electron chi connectivity index (χ3n) is 5.98. The van der Waals surface area contributed by atoms with Gasteiger partial charge in [-0.15, -0.1) is 0 Å². The fraction of sp³-hybridized carbons (Fsp3) is 0.208. The molecule has 2 aromatic carbocycles. The van der Waals surface area contributed by atoms with Gasteiger partial charge in [0.2, 0.25) is 5.95 Å². The van der Waals surface area contributed by atoms with Gasteiger partial charge in [0.15, 0.2) is 0 Å². The van der Waals surface area contributed by atoms with Gasteiger partial charge in [0, 0.05) is 54.7 Å². The van der Waals surface area contributed by atoms with Gasteiger partial charge >= 0.3 is 5.69 Å². The number of nitrogens with one attached hydrogen (secondary N) is 1. The SMILES string of the molecule is O=C(c1ccc(F)c(Cn2c(=O)[nH]c(=O)c3cc(Cl)ccc32)c1)N1CCN(c2ncccn2)CC1. The number of piperazine rings is 1. The highest BCUT2D eigenvalue weighted by atomic mass is 35.5. The second kappa shape index (κ2) is 9.30. The smallest absolute Gasteiger partial charge is 0.329 e. The Morgan fingerprint density at radius 1 is 1.03 bits per heavy atom. The van der Waals surface area contributed by atoms with Crippen LogP contribution in [0.15, 0.2) is 64.4 Å². The maximum atomic E-state index is 14.7. The summed E-state index contributed by atoms with van der Waals surface area (Å²) in [5, 5.41) is 0.552. The van der Waals surface area contributed by atoms with E-state index in [2.05, 4.69) is 15.0 Å². The van der Waals surface area contributed by atoms with Gasteiger partial charge < -0.3 is 9.80 Å². The quantitative estimate of drug-likeness (QED) is 0.467. The van der Waals surface area contributed by atoms with Crippen LogP contribution in [0.3, 0.4) is 0 Å². The van der Waals surface area contributed by atoms with Crippen LogP contribution in [-0.4, -0.2) is 56.5 Å². The minimum atomic E-state index is -0.680. The summed E-state index contributed by atoms with van der Waals surface area (Å²) < 4.78 is 16.0. The third kappa shape index (κ3) is 4.52. The topological polar surface area (TPSA) is 104 Å². The number of amides is 1. The Labute approximate surface area is 203 Å². The van der Waals surface area contributed by atoms with E-state index in [1.807, 2.05) is 4.90 Å². The molecule has 0 aliphatic carbocycles. The van der Waals surface area contributed by atoms with Gasteiger partial charge in [-0.3, -0.25) is 19.1 Å². The van der Waals surface area contributed by atoms with Crippen LogP contribution in [0.2, 0.25) is 5.02 Å². The molecule has 1 amide bonds. The number of aromatic amines is 1. The van der Waals surface area contributed by atoms with Crippen LogP contribution in [0.1, 0.15) is 15.9 Å². The molecule has 0 spiro atoms. The summed E-state index contributed by atoms with van der Waals surface area (Å²) in [4.78, 5) is 52.3. The highest BCUT2D eigenvalue weighted by Crippen LogP contribution is 2.19. The Morgan fingerprint density at radius 2 is 1.77 bits per heavy atom. The molecule has 35 heavy (non-hydrogen) atoms. The number of aromatic nitrogens is 4. The fourth-order valence-corrected chi connectivity index (χ4v) is 4.34. The van der Waals surface area contributed by atoms with Crippen LogP contribution in [0.5, 0.6) is 0 Å². The molecular weight excluding hydrogens is 475 g/mol. The number of nitrogens with zero attached hydrogens (tertiary/aromatic N) is 5. The molecule has 3 heterocycles. The van der Waals surface area contributed by atoms with Gasteiger partial charge in [-0.25, -0.2) is 19.2 Å². The minimum Gasteiger partial charge on any atom is -0.337 e. The van der Waals surface area contributed by atoms with Crippen LogP contribution in [0.4, 0.5) is 10.3 Å². The zero-order chi connectivity index (χ0) is 24.5. The van der Waals surface area contributed by atoms with Crippen molar-refractivity contribution in [2.75, 3.05) is 31.1 Å². The molecule has 178 valence electrons. The van der Waals surface area contributed by atoms with Crippen molar-refractivity contribution in [3.63, 3.8) is 0 Å². The molecule has 0 atom stereocenters. The predicted molar refractivity (Wildman–Crippen MR) is 129 cm³/mol. The number of halogens is 2. The summed E-state index contributed by atoms with van der Waals surface area (Å²) in [5.74, 6) is -0.179. The molecule has 1 saturated heterocycles. The maximum absolute atomic E-state index is 14.7. The highest BCUT2D eigenvalue weighted by Gasteiger charge is 2.24. The lowest BCUT2D eigenvalue weighted by atomic mass is 10.1. The van der Waals surface area contributed by atoms with Crippen LogP contribution >= 0.6 is 11.6 Å². The number of rotatable bonds is 4. The molecule has 9 nitrogen and oxygen atoms in total. The van der Waals surface area contributed by atoms with Crippen molar-refractivity contribution < 1.29 is 9.18 Å². The predicted octanol–water partition coefficient (Wildman–Crippen LogP) is 2.28. The standard InChI is InChI=1S/C24H20ClFN6O3/c25-17-3-5-20-18(13-17)21(33)29-24(35)32(20)14-16-12-15(2-4-19(16)26)22(34)30-8-10-31(11-9-30)23-27-6-1-7-28-23/h1-7,12-13H,8-11,14H2,(H,29,33,35). The average Bonchev–Trinajstić information content (AvgIpc) is 2.88. The molecule has 1 fully saturated rings. The van der Waals surface area contributed by atoms with Crippen molar-refractivity contribution in [3.05, 3.63) is 97.7 Å². The lowest BCUT2D eigenvalue weighted by Crippen LogP contribution is -2.49. The fourth-order valence-electron chi connectivity index (χ4n) is 4.17. The molecule has 0 radical (unpaired) electrons. The molecule has 4 aromatic rings. The number of anilines is 1. The monoisotopic (exact) mass is 494 g/mol. The molecule has 1 aliphatic heterocycles. The number of benzene rings is 2. The zero-order valence-corrected chi connectivity index (χ0v) is 19.2. The lowest BCUT2D eigenvalue weighted by molar-refractivity contribution is 0.0746. The van der Waals surface area contributed by atoms with Gasteiger partial charge in [-0.2, -0.15) is 0 Å². The Hall–Kier alpha value is -4.05. The van der Waals surface area contributed by atoms with E-state index in [0.717, 1.165) is 0 Å². The molecule has 0 unspecified atom stereocenters. The van der Waals surface area contributed by atoms with Gasteiger partial charge in [0.25, 0.3) is 11.5 Å². The number of carbonyl (C=O) groups is 1. The van der Waals surface area contributed by atoms with Crippen molar-refractivity contribution in [2.45, 2.75) is 6.54 Å². The first-order valence-electron chi connectivity index (χ1n) is 10.9. The molecular formula is C24H20ClFN6O3. The van der Waals surface area contributed by atoms with Crippen molar-refractivity contribution in [2.24, 2.45) is 0 Å². The number of hydrogen-bond donors (Lipinski definition) is 1. The number of carbonyl (C=O) groups excluding carboxylic acids is 1. The van der Waals surface area contributed by atoms with Crippen LogP contribution in [0, 0.1) is 5.82 Å². The molecule has 2 aromatic heterocycles. The first kappa shape index (κ1) is 22.7. The first-order chi connectivity index (χ1) is 16.9. The lowest BCUT2D eigenvalue weighted by Gasteiger charge is -2.34. The van der Waals surface area contributed by atoms with Gasteiger partial charge in [-0.05, 0) is 42.5 Å². The normalized spacial score (nSPS) is 13.9. The van der Waals surface area contributed by atoms with E-state index in [-0.39, 0.29) is 23.4 Å². The average molecular weight is 495 g/mol. The van der Waals surface area contributed by atoms with E-state index in [1.54, 1.807) is 29.4 Å². The maximum Gasteiger partial charge on any atom is 0.329 e. The van der Waals surface area contributed by atoms with E-state index in [9.17, 15) is 18.8 Å². The van der Waals surface area contributed by atoms with Gasteiger partial charge in [0.05, 0.1) is 17.4 Å². The summed E-state index contributed by atoms with van der Waals surface area (Å²) in [6, 6.07) is 10.4. The summed E-state index contributed by atoms with van der Waals surface area (Å²) >= 11 is 5.99. The molecule has 0 saturated carbocycles. The number of hydrogen-bond acceptors (Lipinski definition) is 6. The molecule has 1 aliphatic rings. The Morgan fingerprint density at radius 3 is 2.51 bits per heavy atom. The van der Waals surface area contributed by atoms with Gasteiger partial charge in [-0.1, -0.05) is 11.6 Å². The van der Waals surface area contributed by atoms with Crippen molar-refractivity contribution in [1.82, 2.24) is 24.4 Å². The van der Waals surface area contributed by atoms with E-state index in [1.165, 1.54) is 34.9 Å². The molecule has 1 N–H and O–H groups in total. The molecule has 0 bridgehead atoms. The largest absolute Gasteiger partial charge is 0.337 e. The van der Waals surface area contributed by atoms with Gasteiger partial charge in [0.1, 0.15) is 5.82 Å². The third-order valence-corrected chi connectivity index (χ3v) is 6.22. The Balaban J connectivity index is 1.39. The van der Waals surface area contributed by atoms with Crippen LogP contribution in [-0.2, 0) is 6.54 Å². The Kier molecular flexibility index (Phi) is 6.04.